The van der Waals surface area contributed by atoms with Crippen molar-refractivity contribution < 1.29 is 9.53 Å². The summed E-state index contributed by atoms with van der Waals surface area (Å²) in [6.07, 6.45) is 4.37. The molecule has 142 valence electrons. The molecule has 3 aromatic rings. The molecule has 1 aromatic heterocycles. The number of fused-ring (bicyclic) bond motifs is 3. The molecule has 2 aliphatic rings. The number of rotatable bonds is 3. The summed E-state index contributed by atoms with van der Waals surface area (Å²) in [4.78, 5) is 19.5. The van der Waals surface area contributed by atoms with Crippen LogP contribution >= 0.6 is 11.6 Å². The average molecular weight is 393 g/mol. The Morgan fingerprint density at radius 2 is 1.89 bits per heavy atom. The molecule has 0 N–H and O–H groups in total. The number of nitrogens with zero attached hydrogens (tertiary/aromatic N) is 2. The molecule has 0 saturated carbocycles. The molecule has 28 heavy (non-hydrogen) atoms. The van der Waals surface area contributed by atoms with E-state index in [0.717, 1.165) is 54.7 Å². The Kier molecular flexibility index (Phi) is 4.53. The molecular weight excluding hydrogens is 372 g/mol. The highest BCUT2D eigenvalue weighted by Crippen LogP contribution is 2.35. The van der Waals surface area contributed by atoms with Gasteiger partial charge in [-0.25, -0.2) is 4.98 Å². The monoisotopic (exact) mass is 392 g/mol. The standard InChI is InChI=1S/C23H21ClN2O2/c24-22-6-5-15(13-25-22)11-16-12-20-21(19-4-2-1-3-18(16)19)14-26(23(20)27)17-7-9-28-10-8-17/h1-6,12-13,17H,7-11,14H2. The van der Waals surface area contributed by atoms with Gasteiger partial charge in [-0.3, -0.25) is 4.79 Å². The Balaban J connectivity index is 1.56. The smallest absolute Gasteiger partial charge is 0.254 e. The van der Waals surface area contributed by atoms with Crippen molar-refractivity contribution in [2.45, 2.75) is 31.8 Å². The number of carbonyl (C=O) groups is 1. The van der Waals surface area contributed by atoms with E-state index in [1.807, 2.05) is 17.0 Å². The first-order valence-corrected chi connectivity index (χ1v) is 10.1. The maximum Gasteiger partial charge on any atom is 0.254 e. The van der Waals surface area contributed by atoms with Crippen molar-refractivity contribution in [3.05, 3.63) is 76.1 Å². The van der Waals surface area contributed by atoms with Crippen molar-refractivity contribution in [1.82, 2.24) is 9.88 Å². The van der Waals surface area contributed by atoms with Crippen molar-refractivity contribution >= 4 is 28.3 Å². The predicted molar refractivity (Wildman–Crippen MR) is 110 cm³/mol. The molecule has 5 rings (SSSR count). The quantitative estimate of drug-likeness (QED) is 0.611. The number of benzene rings is 2. The number of halogens is 1. The molecule has 4 nitrogen and oxygen atoms in total. The van der Waals surface area contributed by atoms with Crippen LogP contribution in [0, 0.1) is 0 Å². The van der Waals surface area contributed by atoms with Crippen LogP contribution in [0.3, 0.4) is 0 Å². The van der Waals surface area contributed by atoms with Crippen molar-refractivity contribution in [2.75, 3.05) is 13.2 Å². The Morgan fingerprint density at radius 1 is 1.11 bits per heavy atom. The van der Waals surface area contributed by atoms with Crippen molar-refractivity contribution in [3.8, 4) is 0 Å². The number of hydrogen-bond acceptors (Lipinski definition) is 3. The molecule has 0 atom stereocenters. The van der Waals surface area contributed by atoms with Crippen molar-refractivity contribution in [3.63, 3.8) is 0 Å². The number of ether oxygens (including phenoxy) is 1. The fourth-order valence-corrected chi connectivity index (χ4v) is 4.55. The minimum atomic E-state index is 0.156. The van der Waals surface area contributed by atoms with Gasteiger partial charge >= 0.3 is 0 Å². The van der Waals surface area contributed by atoms with Gasteiger partial charge in [0.15, 0.2) is 0 Å². The van der Waals surface area contributed by atoms with E-state index >= 15 is 0 Å². The summed E-state index contributed by atoms with van der Waals surface area (Å²) in [7, 11) is 0. The molecular formula is C23H21ClN2O2. The zero-order chi connectivity index (χ0) is 19.1. The average Bonchev–Trinajstić information content (AvgIpc) is 3.07. The largest absolute Gasteiger partial charge is 0.381 e. The molecule has 3 heterocycles. The fourth-order valence-electron chi connectivity index (χ4n) is 4.44. The van der Waals surface area contributed by atoms with Crippen molar-refractivity contribution in [2.24, 2.45) is 0 Å². The summed E-state index contributed by atoms with van der Waals surface area (Å²) in [5, 5.41) is 2.88. The second kappa shape index (κ2) is 7.19. The normalized spacial score (nSPS) is 17.3. The summed E-state index contributed by atoms with van der Waals surface area (Å²) < 4.78 is 5.48. The highest BCUT2D eigenvalue weighted by atomic mass is 35.5. The molecule has 1 amide bonds. The number of carbonyl (C=O) groups excluding carboxylic acids is 1. The van der Waals surface area contributed by atoms with Crippen LogP contribution in [0.4, 0.5) is 0 Å². The van der Waals surface area contributed by atoms with Crippen LogP contribution in [0.1, 0.15) is 39.9 Å². The summed E-state index contributed by atoms with van der Waals surface area (Å²) in [5.41, 5.74) is 4.24. The zero-order valence-corrected chi connectivity index (χ0v) is 16.3. The molecule has 1 saturated heterocycles. The van der Waals surface area contributed by atoms with Crippen LogP contribution in [0.15, 0.2) is 48.7 Å². The Morgan fingerprint density at radius 3 is 2.64 bits per heavy atom. The molecule has 2 aromatic carbocycles. The van der Waals surface area contributed by atoms with Gasteiger partial charge in [0, 0.05) is 37.6 Å². The van der Waals surface area contributed by atoms with Gasteiger partial charge in [0.1, 0.15) is 5.15 Å². The van der Waals surface area contributed by atoms with Gasteiger partial charge in [0.25, 0.3) is 5.91 Å². The van der Waals surface area contributed by atoms with Crippen LogP contribution < -0.4 is 0 Å². The van der Waals surface area contributed by atoms with E-state index in [9.17, 15) is 4.79 Å². The van der Waals surface area contributed by atoms with Gasteiger partial charge in [-0.15, -0.1) is 0 Å². The maximum absolute atomic E-state index is 13.2. The third-order valence-corrected chi connectivity index (χ3v) is 6.10. The van der Waals surface area contributed by atoms with Crippen LogP contribution in [-0.2, 0) is 17.7 Å². The number of hydrogen-bond donors (Lipinski definition) is 0. The lowest BCUT2D eigenvalue weighted by molar-refractivity contribution is 0.0304. The third-order valence-electron chi connectivity index (χ3n) is 5.88. The highest BCUT2D eigenvalue weighted by Gasteiger charge is 2.35. The molecule has 0 unspecified atom stereocenters. The summed E-state index contributed by atoms with van der Waals surface area (Å²) in [5.74, 6) is 0.156. The van der Waals surface area contributed by atoms with Gasteiger partial charge in [0.05, 0.1) is 0 Å². The number of pyridine rings is 1. The molecule has 0 bridgehead atoms. The lowest BCUT2D eigenvalue weighted by atomic mass is 9.93. The molecule has 5 heteroatoms. The van der Waals surface area contributed by atoms with Gasteiger partial charge in [-0.1, -0.05) is 41.9 Å². The summed E-state index contributed by atoms with van der Waals surface area (Å²) >= 11 is 5.93. The lowest BCUT2D eigenvalue weighted by Gasteiger charge is -2.30. The second-order valence-electron chi connectivity index (χ2n) is 7.55. The molecule has 1 fully saturated rings. The molecule has 0 spiro atoms. The Labute approximate surface area is 169 Å². The van der Waals surface area contributed by atoms with Crippen LogP contribution in [-0.4, -0.2) is 35.0 Å². The SMILES string of the molecule is O=C1c2cc(Cc3ccc(Cl)nc3)c3ccccc3c2CN1C1CCOCC1. The van der Waals surface area contributed by atoms with E-state index in [-0.39, 0.29) is 11.9 Å². The van der Waals surface area contributed by atoms with E-state index in [1.54, 1.807) is 6.20 Å². The molecule has 0 radical (unpaired) electrons. The molecule has 2 aliphatic heterocycles. The van der Waals surface area contributed by atoms with Gasteiger partial charge in [-0.2, -0.15) is 0 Å². The van der Waals surface area contributed by atoms with Gasteiger partial charge < -0.3 is 9.64 Å². The summed E-state index contributed by atoms with van der Waals surface area (Å²) in [6.45, 7) is 2.17. The topological polar surface area (TPSA) is 42.4 Å². The Hall–Kier alpha value is -2.43. The lowest BCUT2D eigenvalue weighted by Crippen LogP contribution is -2.39. The third kappa shape index (κ3) is 3.07. The van der Waals surface area contributed by atoms with E-state index in [0.29, 0.717) is 11.7 Å². The van der Waals surface area contributed by atoms with Gasteiger partial charge in [0.2, 0.25) is 0 Å². The Bertz CT molecular complexity index is 1040. The summed E-state index contributed by atoms with van der Waals surface area (Å²) in [6, 6.07) is 14.6. The van der Waals surface area contributed by atoms with Crippen LogP contribution in [0.5, 0.6) is 0 Å². The highest BCUT2D eigenvalue weighted by molar-refractivity contribution is 6.29. The minimum absolute atomic E-state index is 0.156. The van der Waals surface area contributed by atoms with E-state index < -0.39 is 0 Å². The van der Waals surface area contributed by atoms with Gasteiger partial charge in [-0.05, 0) is 58.9 Å². The first kappa shape index (κ1) is 17.7. The molecule has 0 aliphatic carbocycles. The fraction of sp³-hybridized carbons (Fsp3) is 0.304. The number of amides is 1. The first-order chi connectivity index (χ1) is 13.7. The zero-order valence-electron chi connectivity index (χ0n) is 15.5. The van der Waals surface area contributed by atoms with Crippen LogP contribution in [0.25, 0.3) is 10.8 Å². The maximum atomic E-state index is 13.2. The van der Waals surface area contributed by atoms with Crippen LogP contribution in [0.2, 0.25) is 5.15 Å². The number of aromatic nitrogens is 1. The first-order valence-electron chi connectivity index (χ1n) is 9.73. The minimum Gasteiger partial charge on any atom is -0.381 e. The van der Waals surface area contributed by atoms with E-state index in [2.05, 4.69) is 35.3 Å². The predicted octanol–water partition coefficient (Wildman–Crippen LogP) is 4.61. The second-order valence-corrected chi connectivity index (χ2v) is 7.94. The van der Waals surface area contributed by atoms with E-state index in [4.69, 9.17) is 16.3 Å². The van der Waals surface area contributed by atoms with E-state index in [1.165, 1.54) is 10.8 Å². The van der Waals surface area contributed by atoms with Crippen molar-refractivity contribution in [1.29, 1.82) is 0 Å².